The average Bonchev–Trinajstić information content (AvgIpc) is 2.38. The van der Waals surface area contributed by atoms with E-state index in [4.69, 9.17) is 10.2 Å². The number of nitrogens with zero attached hydrogens (tertiary/aromatic N) is 2. The van der Waals surface area contributed by atoms with E-state index in [-0.39, 0.29) is 0 Å². The summed E-state index contributed by atoms with van der Waals surface area (Å²) in [6.45, 7) is 0. The third-order valence-corrected chi connectivity index (χ3v) is 2.23. The number of azo groups is 1. The van der Waals surface area contributed by atoms with Crippen LogP contribution in [0.25, 0.3) is 0 Å². The van der Waals surface area contributed by atoms with Crippen molar-refractivity contribution in [2.45, 2.75) is 6.29 Å². The summed E-state index contributed by atoms with van der Waals surface area (Å²) >= 11 is 0. The molecular formula is C13H12N2O2. The van der Waals surface area contributed by atoms with E-state index in [1.165, 1.54) is 0 Å². The lowest BCUT2D eigenvalue weighted by Gasteiger charge is -2.02. The van der Waals surface area contributed by atoms with E-state index in [9.17, 15) is 0 Å². The van der Waals surface area contributed by atoms with Gasteiger partial charge in [0.15, 0.2) is 6.29 Å². The topological polar surface area (TPSA) is 65.2 Å². The Morgan fingerprint density at radius 1 is 0.706 bits per heavy atom. The number of aliphatic hydroxyl groups excluding tert-OH is 1. The lowest BCUT2D eigenvalue weighted by molar-refractivity contribution is -0.0424. The zero-order valence-electron chi connectivity index (χ0n) is 9.06. The van der Waals surface area contributed by atoms with E-state index in [1.54, 1.807) is 24.3 Å². The first-order valence-electron chi connectivity index (χ1n) is 5.18. The number of aliphatic hydroxyl groups is 2. The maximum atomic E-state index is 8.92. The Morgan fingerprint density at radius 2 is 1.24 bits per heavy atom. The van der Waals surface area contributed by atoms with Crippen molar-refractivity contribution in [3.63, 3.8) is 0 Å². The second-order valence-corrected chi connectivity index (χ2v) is 3.50. The maximum Gasteiger partial charge on any atom is 0.178 e. The van der Waals surface area contributed by atoms with Crippen LogP contribution in [0, 0.1) is 0 Å². The Bertz CT molecular complexity index is 493. The van der Waals surface area contributed by atoms with E-state index in [0.717, 1.165) is 5.69 Å². The number of rotatable bonds is 3. The molecule has 0 spiro atoms. The molecule has 0 saturated heterocycles. The normalized spacial score (nSPS) is 11.2. The molecule has 0 aliphatic rings. The zero-order chi connectivity index (χ0) is 12.1. The molecule has 4 nitrogen and oxygen atoms in total. The van der Waals surface area contributed by atoms with Gasteiger partial charge in [-0.1, -0.05) is 30.3 Å². The van der Waals surface area contributed by atoms with Crippen molar-refractivity contribution in [2.24, 2.45) is 10.2 Å². The Balaban J connectivity index is 2.12. The molecule has 4 heteroatoms. The lowest BCUT2D eigenvalue weighted by Crippen LogP contribution is -1.92. The minimum absolute atomic E-state index is 0.434. The summed E-state index contributed by atoms with van der Waals surface area (Å²) < 4.78 is 0. The molecule has 2 aromatic carbocycles. The molecule has 2 rings (SSSR count). The summed E-state index contributed by atoms with van der Waals surface area (Å²) in [5.74, 6) is 0. The van der Waals surface area contributed by atoms with Gasteiger partial charge < -0.3 is 10.2 Å². The van der Waals surface area contributed by atoms with Gasteiger partial charge in [0.1, 0.15) is 0 Å². The summed E-state index contributed by atoms with van der Waals surface area (Å²) in [7, 11) is 0. The van der Waals surface area contributed by atoms with Crippen LogP contribution < -0.4 is 0 Å². The Hall–Kier alpha value is -2.04. The first-order valence-corrected chi connectivity index (χ1v) is 5.18. The molecule has 0 aliphatic heterocycles. The van der Waals surface area contributed by atoms with Crippen molar-refractivity contribution in [3.05, 3.63) is 60.2 Å². The Labute approximate surface area is 98.9 Å². The highest BCUT2D eigenvalue weighted by molar-refractivity contribution is 5.41. The van der Waals surface area contributed by atoms with E-state index < -0.39 is 6.29 Å². The van der Waals surface area contributed by atoms with Crippen LogP contribution in [0.4, 0.5) is 11.4 Å². The molecule has 0 amide bonds. The van der Waals surface area contributed by atoms with Crippen molar-refractivity contribution in [2.75, 3.05) is 0 Å². The monoisotopic (exact) mass is 228 g/mol. The first kappa shape index (κ1) is 11.4. The quantitative estimate of drug-likeness (QED) is 0.626. The molecule has 0 atom stereocenters. The van der Waals surface area contributed by atoms with Gasteiger partial charge in [0.05, 0.1) is 11.4 Å². The van der Waals surface area contributed by atoms with Gasteiger partial charge in [0, 0.05) is 5.56 Å². The fraction of sp³-hybridized carbons (Fsp3) is 0.0769. The van der Waals surface area contributed by atoms with E-state index in [2.05, 4.69) is 10.2 Å². The Morgan fingerprint density at radius 3 is 1.76 bits per heavy atom. The van der Waals surface area contributed by atoms with Crippen LogP contribution in [0.3, 0.4) is 0 Å². The molecule has 0 bridgehead atoms. The van der Waals surface area contributed by atoms with Crippen molar-refractivity contribution < 1.29 is 10.2 Å². The predicted octanol–water partition coefficient (Wildman–Crippen LogP) is 3.09. The molecule has 2 aromatic rings. The molecule has 2 N–H and O–H groups in total. The fourth-order valence-corrected chi connectivity index (χ4v) is 1.32. The van der Waals surface area contributed by atoms with Gasteiger partial charge in [-0.2, -0.15) is 10.2 Å². The van der Waals surface area contributed by atoms with Crippen molar-refractivity contribution in [1.82, 2.24) is 0 Å². The summed E-state index contributed by atoms with van der Waals surface area (Å²) in [5.41, 5.74) is 1.88. The predicted molar refractivity (Wildman–Crippen MR) is 64.2 cm³/mol. The minimum Gasteiger partial charge on any atom is -0.364 e. The second-order valence-electron chi connectivity index (χ2n) is 3.50. The Kier molecular flexibility index (Phi) is 3.59. The van der Waals surface area contributed by atoms with Gasteiger partial charge in [-0.15, -0.1) is 0 Å². The molecule has 17 heavy (non-hydrogen) atoms. The van der Waals surface area contributed by atoms with Crippen LogP contribution in [0.2, 0.25) is 0 Å². The molecule has 0 aromatic heterocycles. The van der Waals surface area contributed by atoms with Crippen molar-refractivity contribution >= 4 is 11.4 Å². The summed E-state index contributed by atoms with van der Waals surface area (Å²) in [6.07, 6.45) is -1.45. The second kappa shape index (κ2) is 5.34. The largest absolute Gasteiger partial charge is 0.364 e. The molecule has 0 fully saturated rings. The van der Waals surface area contributed by atoms with Crippen LogP contribution in [0.5, 0.6) is 0 Å². The van der Waals surface area contributed by atoms with Crippen LogP contribution in [0.15, 0.2) is 64.8 Å². The molecule has 0 unspecified atom stereocenters. The zero-order valence-corrected chi connectivity index (χ0v) is 9.06. The van der Waals surface area contributed by atoms with E-state index in [0.29, 0.717) is 11.3 Å². The van der Waals surface area contributed by atoms with Crippen LogP contribution >= 0.6 is 0 Å². The SMILES string of the molecule is OC(O)c1ccc(/N=N/c2ccccc2)cc1. The number of benzene rings is 2. The highest BCUT2D eigenvalue weighted by Gasteiger charge is 2.00. The third kappa shape index (κ3) is 3.21. The van der Waals surface area contributed by atoms with Gasteiger partial charge >= 0.3 is 0 Å². The summed E-state index contributed by atoms with van der Waals surface area (Å²) in [5, 5.41) is 25.9. The fourth-order valence-electron chi connectivity index (χ4n) is 1.32. The van der Waals surface area contributed by atoms with Crippen molar-refractivity contribution in [3.8, 4) is 0 Å². The van der Waals surface area contributed by atoms with Gasteiger partial charge in [0.2, 0.25) is 0 Å². The molecule has 0 aliphatic carbocycles. The van der Waals surface area contributed by atoms with Gasteiger partial charge in [-0.3, -0.25) is 0 Å². The molecule has 0 radical (unpaired) electrons. The first-order chi connectivity index (χ1) is 8.25. The molecule has 0 heterocycles. The maximum absolute atomic E-state index is 8.92. The highest BCUT2D eigenvalue weighted by atomic mass is 16.5. The average molecular weight is 228 g/mol. The smallest absolute Gasteiger partial charge is 0.178 e. The van der Waals surface area contributed by atoms with Crippen molar-refractivity contribution in [1.29, 1.82) is 0 Å². The van der Waals surface area contributed by atoms with E-state index in [1.807, 2.05) is 30.3 Å². The van der Waals surface area contributed by atoms with E-state index >= 15 is 0 Å². The lowest BCUT2D eigenvalue weighted by atomic mass is 10.2. The minimum atomic E-state index is -1.45. The van der Waals surface area contributed by atoms with Crippen LogP contribution in [-0.2, 0) is 0 Å². The summed E-state index contributed by atoms with van der Waals surface area (Å²) in [6, 6.07) is 16.0. The van der Waals surface area contributed by atoms with Crippen LogP contribution in [0.1, 0.15) is 11.9 Å². The van der Waals surface area contributed by atoms with Crippen LogP contribution in [-0.4, -0.2) is 10.2 Å². The molecule has 86 valence electrons. The van der Waals surface area contributed by atoms with Gasteiger partial charge in [-0.05, 0) is 24.3 Å². The van der Waals surface area contributed by atoms with Gasteiger partial charge in [-0.25, -0.2) is 0 Å². The number of hydrogen-bond donors (Lipinski definition) is 2. The molecular weight excluding hydrogens is 216 g/mol. The highest BCUT2D eigenvalue weighted by Crippen LogP contribution is 2.19. The standard InChI is InChI=1S/C13H12N2O2/c16-13(17)10-6-8-12(9-7-10)15-14-11-4-2-1-3-5-11/h1-9,13,16-17H/b15-14+. The third-order valence-electron chi connectivity index (χ3n) is 2.23. The molecule has 0 saturated carbocycles. The summed E-state index contributed by atoms with van der Waals surface area (Å²) in [4.78, 5) is 0. The van der Waals surface area contributed by atoms with Gasteiger partial charge in [0.25, 0.3) is 0 Å². The number of hydrogen-bond acceptors (Lipinski definition) is 4.